The number of para-hydroxylation sites is 1. The normalized spacial score (nSPS) is 16.7. The smallest absolute Gasteiger partial charge is 0.422 e. The molecule has 12 heteroatoms. The number of rotatable bonds is 4. The minimum Gasteiger partial charge on any atom is -0.455 e. The Hall–Kier alpha value is -3.21. The van der Waals surface area contributed by atoms with E-state index in [2.05, 4.69) is 0 Å². The third-order valence-electron chi connectivity index (χ3n) is 5.23. The lowest BCUT2D eigenvalue weighted by atomic mass is 10.1. The Kier molecular flexibility index (Phi) is 7.39. The van der Waals surface area contributed by atoms with Gasteiger partial charge in [0.25, 0.3) is 5.69 Å². The summed E-state index contributed by atoms with van der Waals surface area (Å²) in [6, 6.07) is 7.28. The molecule has 1 atom stereocenters. The zero-order chi connectivity index (χ0) is 26.1. The maximum Gasteiger partial charge on any atom is 0.422 e. The van der Waals surface area contributed by atoms with E-state index < -0.39 is 51.5 Å². The molecular weight excluding hydrogens is 491 g/mol. The Balaban J connectivity index is 2.04. The summed E-state index contributed by atoms with van der Waals surface area (Å²) in [4.78, 5) is 26.0. The molecule has 1 heterocycles. The fourth-order valence-electron chi connectivity index (χ4n) is 3.79. The van der Waals surface area contributed by atoms with Crippen LogP contribution in [0.4, 0.5) is 29.3 Å². The zero-order valence-electron chi connectivity index (χ0n) is 19.6. The summed E-state index contributed by atoms with van der Waals surface area (Å²) in [7, 11) is 0. The van der Waals surface area contributed by atoms with Crippen molar-refractivity contribution in [2.75, 3.05) is 24.5 Å². The summed E-state index contributed by atoms with van der Waals surface area (Å²) < 4.78 is 53.9. The van der Waals surface area contributed by atoms with Crippen LogP contribution in [0.5, 0.6) is 11.5 Å². The van der Waals surface area contributed by atoms with Crippen LogP contribution in [-0.2, 0) is 10.9 Å². The first-order valence-corrected chi connectivity index (χ1v) is 11.1. The van der Waals surface area contributed by atoms with Crippen LogP contribution < -0.4 is 9.64 Å². The van der Waals surface area contributed by atoms with Crippen LogP contribution in [0.15, 0.2) is 36.4 Å². The number of hydrogen-bond acceptors (Lipinski definition) is 6. The maximum absolute atomic E-state index is 14.4. The van der Waals surface area contributed by atoms with Crippen molar-refractivity contribution in [3.8, 4) is 11.5 Å². The number of ether oxygens (including phenoxy) is 2. The van der Waals surface area contributed by atoms with Crippen molar-refractivity contribution in [2.45, 2.75) is 45.5 Å². The molecule has 0 radical (unpaired) electrons. The van der Waals surface area contributed by atoms with Crippen LogP contribution in [0.25, 0.3) is 0 Å². The number of amides is 1. The Morgan fingerprint density at radius 3 is 2.31 bits per heavy atom. The largest absolute Gasteiger partial charge is 0.455 e. The van der Waals surface area contributed by atoms with E-state index in [-0.39, 0.29) is 30.4 Å². The molecule has 35 heavy (non-hydrogen) atoms. The predicted molar refractivity (Wildman–Crippen MR) is 124 cm³/mol. The van der Waals surface area contributed by atoms with E-state index in [0.717, 1.165) is 12.1 Å². The van der Waals surface area contributed by atoms with Gasteiger partial charge >= 0.3 is 12.3 Å². The monoisotopic (exact) mass is 515 g/mol. The van der Waals surface area contributed by atoms with E-state index in [1.165, 1.54) is 21.9 Å². The minimum atomic E-state index is -4.98. The molecule has 2 aromatic rings. The van der Waals surface area contributed by atoms with Crippen LogP contribution in [0, 0.1) is 10.1 Å². The van der Waals surface area contributed by atoms with E-state index >= 15 is 0 Å². The second-order valence-corrected chi connectivity index (χ2v) is 9.47. The molecular formula is C23H25ClF3N3O5. The molecule has 8 nitrogen and oxygen atoms in total. The van der Waals surface area contributed by atoms with Gasteiger partial charge in [-0.25, -0.2) is 4.79 Å². The van der Waals surface area contributed by atoms with Gasteiger partial charge in [-0.3, -0.25) is 10.1 Å². The maximum atomic E-state index is 14.4. The lowest BCUT2D eigenvalue weighted by Crippen LogP contribution is -2.55. The minimum absolute atomic E-state index is 0.0140. The molecule has 1 fully saturated rings. The van der Waals surface area contributed by atoms with Crippen LogP contribution in [-0.4, -0.2) is 47.2 Å². The van der Waals surface area contributed by atoms with Crippen molar-refractivity contribution in [3.63, 3.8) is 0 Å². The number of carbonyl (C=O) groups is 1. The van der Waals surface area contributed by atoms with Gasteiger partial charge in [0, 0.05) is 31.7 Å². The summed E-state index contributed by atoms with van der Waals surface area (Å²) in [5.74, 6) is -0.643. The molecule has 0 aliphatic carbocycles. The highest BCUT2D eigenvalue weighted by atomic mass is 35.5. The molecule has 3 rings (SSSR count). The average molecular weight is 516 g/mol. The Morgan fingerprint density at radius 2 is 1.77 bits per heavy atom. The van der Waals surface area contributed by atoms with Gasteiger partial charge in [0.1, 0.15) is 28.4 Å². The van der Waals surface area contributed by atoms with Crippen LogP contribution in [0.2, 0.25) is 5.02 Å². The Labute approximate surface area is 205 Å². The number of benzene rings is 2. The molecule has 190 valence electrons. The van der Waals surface area contributed by atoms with Gasteiger partial charge in [0.2, 0.25) is 0 Å². The Bertz CT molecular complexity index is 1120. The van der Waals surface area contributed by atoms with Gasteiger partial charge in [-0.2, -0.15) is 13.2 Å². The molecule has 2 aromatic carbocycles. The molecule has 0 unspecified atom stereocenters. The van der Waals surface area contributed by atoms with Crippen molar-refractivity contribution in [2.24, 2.45) is 0 Å². The highest BCUT2D eigenvalue weighted by Crippen LogP contribution is 2.49. The van der Waals surface area contributed by atoms with Gasteiger partial charge in [0.15, 0.2) is 0 Å². The highest BCUT2D eigenvalue weighted by Gasteiger charge is 2.44. The van der Waals surface area contributed by atoms with Crippen LogP contribution in [0.3, 0.4) is 0 Å². The number of alkyl halides is 3. The van der Waals surface area contributed by atoms with Crippen LogP contribution >= 0.6 is 11.6 Å². The Morgan fingerprint density at radius 1 is 1.11 bits per heavy atom. The van der Waals surface area contributed by atoms with Gasteiger partial charge in [-0.15, -0.1) is 0 Å². The molecule has 0 N–H and O–H groups in total. The number of hydrogen-bond donors (Lipinski definition) is 0. The molecule has 0 aromatic heterocycles. The average Bonchev–Trinajstić information content (AvgIpc) is 2.72. The van der Waals surface area contributed by atoms with Crippen molar-refractivity contribution in [1.82, 2.24) is 4.90 Å². The van der Waals surface area contributed by atoms with Crippen molar-refractivity contribution < 1.29 is 32.4 Å². The lowest BCUT2D eigenvalue weighted by Gasteiger charge is -2.41. The molecule has 1 saturated heterocycles. The number of nitro groups is 1. The van der Waals surface area contributed by atoms with Gasteiger partial charge in [0.05, 0.1) is 9.95 Å². The van der Waals surface area contributed by atoms with E-state index in [1.54, 1.807) is 39.8 Å². The third-order valence-corrected chi connectivity index (χ3v) is 5.54. The van der Waals surface area contributed by atoms with E-state index in [4.69, 9.17) is 21.1 Å². The van der Waals surface area contributed by atoms with E-state index in [9.17, 15) is 28.1 Å². The first-order valence-electron chi connectivity index (χ1n) is 10.7. The van der Waals surface area contributed by atoms with Crippen molar-refractivity contribution in [3.05, 3.63) is 57.1 Å². The summed E-state index contributed by atoms with van der Waals surface area (Å²) in [5.41, 5.74) is -3.38. The predicted octanol–water partition coefficient (Wildman–Crippen LogP) is 6.50. The molecule has 0 spiro atoms. The lowest BCUT2D eigenvalue weighted by molar-refractivity contribution is -0.384. The first-order chi connectivity index (χ1) is 16.2. The SMILES string of the molecule is C[C@@H]1CN(c2c([N+](=O)[O-])ccc(Oc3ccccc3Cl)c2C(F)(F)F)CCN1C(=O)OC(C)(C)C. The first kappa shape index (κ1) is 26.4. The number of nitrogens with zero attached hydrogens (tertiary/aromatic N) is 3. The van der Waals surface area contributed by atoms with Gasteiger partial charge in [-0.1, -0.05) is 23.7 Å². The molecule has 0 bridgehead atoms. The van der Waals surface area contributed by atoms with Crippen LogP contribution in [0.1, 0.15) is 33.3 Å². The van der Waals surface area contributed by atoms with Crippen molar-refractivity contribution >= 4 is 29.1 Å². The number of carbonyl (C=O) groups excluding carboxylic acids is 1. The molecule has 1 aliphatic rings. The number of halogens is 4. The standard InChI is InChI=1S/C23H25ClF3N3O5/c1-14-13-28(11-12-29(14)21(31)35-22(2,3)4)20-16(30(32)33)9-10-18(19(20)23(25,26)27)34-17-8-6-5-7-15(17)24/h5-10,14H,11-13H2,1-4H3/t14-/m1/s1. The summed E-state index contributed by atoms with van der Waals surface area (Å²) in [6.07, 6.45) is -5.59. The summed E-state index contributed by atoms with van der Waals surface area (Å²) in [5, 5.41) is 11.8. The fraction of sp³-hybridized carbons (Fsp3) is 0.435. The van der Waals surface area contributed by atoms with Gasteiger partial charge in [-0.05, 0) is 45.9 Å². The molecule has 1 aliphatic heterocycles. The number of anilines is 1. The van der Waals surface area contributed by atoms with E-state index in [1.807, 2.05) is 0 Å². The molecule has 0 saturated carbocycles. The summed E-state index contributed by atoms with van der Waals surface area (Å²) >= 11 is 6.05. The number of nitro benzene ring substituents is 1. The van der Waals surface area contributed by atoms with Crippen molar-refractivity contribution in [1.29, 1.82) is 0 Å². The second-order valence-electron chi connectivity index (χ2n) is 9.06. The zero-order valence-corrected chi connectivity index (χ0v) is 20.3. The topological polar surface area (TPSA) is 85.2 Å². The summed E-state index contributed by atoms with van der Waals surface area (Å²) in [6.45, 7) is 6.60. The highest BCUT2D eigenvalue weighted by molar-refractivity contribution is 6.32. The van der Waals surface area contributed by atoms with E-state index in [0.29, 0.717) is 0 Å². The third kappa shape index (κ3) is 6.08. The molecule has 1 amide bonds. The van der Waals surface area contributed by atoms with Gasteiger partial charge < -0.3 is 19.3 Å². The quantitative estimate of drug-likeness (QED) is 0.341. The second kappa shape index (κ2) is 9.80. The fourth-order valence-corrected chi connectivity index (χ4v) is 3.96. The number of piperazine rings is 1.